The molecule has 0 unspecified atom stereocenters. The van der Waals surface area contributed by atoms with Gasteiger partial charge in [0.25, 0.3) is 0 Å². The van der Waals surface area contributed by atoms with E-state index < -0.39 is 0 Å². The van der Waals surface area contributed by atoms with Crippen LogP contribution in [0.4, 0.5) is 5.69 Å². The highest BCUT2D eigenvalue weighted by Crippen LogP contribution is 2.37. The van der Waals surface area contributed by atoms with Crippen molar-refractivity contribution in [2.45, 2.75) is 25.7 Å². The third-order valence-corrected chi connectivity index (χ3v) is 5.14. The lowest BCUT2D eigenvalue weighted by molar-refractivity contribution is -0.142. The van der Waals surface area contributed by atoms with Crippen molar-refractivity contribution in [1.29, 1.82) is 0 Å². The van der Waals surface area contributed by atoms with E-state index in [4.69, 9.17) is 0 Å². The first-order valence-electron chi connectivity index (χ1n) is 8.64. The Labute approximate surface area is 145 Å². The maximum Gasteiger partial charge on any atom is 0.244 e. The zero-order valence-electron chi connectivity index (χ0n) is 13.8. The number of fused-ring (bicyclic) bond motifs is 2. The molecule has 1 aliphatic heterocycles. The summed E-state index contributed by atoms with van der Waals surface area (Å²) in [7, 11) is 0. The van der Waals surface area contributed by atoms with E-state index >= 15 is 0 Å². The predicted molar refractivity (Wildman–Crippen MR) is 92.5 cm³/mol. The first-order chi connectivity index (χ1) is 12.1. The van der Waals surface area contributed by atoms with Gasteiger partial charge < -0.3 is 5.32 Å². The number of likely N-dealkylation sites (tertiary alicyclic amines) is 1. The van der Waals surface area contributed by atoms with Crippen LogP contribution in [0.15, 0.2) is 36.5 Å². The van der Waals surface area contributed by atoms with Crippen LogP contribution in [0.1, 0.15) is 25.7 Å². The fourth-order valence-corrected chi connectivity index (χ4v) is 3.93. The number of hydrogen-bond donors (Lipinski definition) is 1. The average molecular weight is 337 g/mol. The Hall–Kier alpha value is -2.76. The number of carbonyl (C=O) groups excluding carboxylic acids is 3. The molecule has 2 aromatic rings. The number of aromatic nitrogens is 1. The second-order valence-electron chi connectivity index (χ2n) is 6.69. The number of benzene rings is 1. The first kappa shape index (κ1) is 15.7. The lowest BCUT2D eigenvalue weighted by Crippen LogP contribution is -2.38. The van der Waals surface area contributed by atoms with Crippen molar-refractivity contribution in [3.63, 3.8) is 0 Å². The van der Waals surface area contributed by atoms with Gasteiger partial charge in [-0.2, -0.15) is 0 Å². The maximum absolute atomic E-state index is 12.5. The molecule has 25 heavy (non-hydrogen) atoms. The minimum Gasteiger partial charge on any atom is -0.323 e. The van der Waals surface area contributed by atoms with Gasteiger partial charge in [0, 0.05) is 11.6 Å². The molecule has 0 spiro atoms. The summed E-state index contributed by atoms with van der Waals surface area (Å²) in [5.74, 6) is -1.22. The highest BCUT2D eigenvalue weighted by Gasteiger charge is 2.48. The molecule has 2 heterocycles. The molecular weight excluding hydrogens is 318 g/mol. The molecule has 1 saturated carbocycles. The number of nitrogens with one attached hydrogen (secondary N) is 1. The van der Waals surface area contributed by atoms with Crippen LogP contribution in [-0.2, 0) is 14.4 Å². The number of para-hydroxylation sites is 1. The molecular formula is C19H19N3O3. The summed E-state index contributed by atoms with van der Waals surface area (Å²) >= 11 is 0. The number of carbonyl (C=O) groups is 3. The average Bonchev–Trinajstić information content (AvgIpc) is 2.87. The summed E-state index contributed by atoms with van der Waals surface area (Å²) in [6, 6.07) is 9.25. The van der Waals surface area contributed by atoms with Crippen LogP contribution in [-0.4, -0.2) is 34.2 Å². The minimum atomic E-state index is -0.376. The Morgan fingerprint density at radius 2 is 1.76 bits per heavy atom. The quantitative estimate of drug-likeness (QED) is 0.872. The zero-order chi connectivity index (χ0) is 17.4. The number of rotatable bonds is 3. The highest BCUT2D eigenvalue weighted by atomic mass is 16.2. The fraction of sp³-hybridized carbons (Fsp3) is 0.368. The van der Waals surface area contributed by atoms with E-state index in [-0.39, 0.29) is 36.1 Å². The van der Waals surface area contributed by atoms with Gasteiger partial charge >= 0.3 is 0 Å². The second-order valence-corrected chi connectivity index (χ2v) is 6.69. The molecule has 1 saturated heterocycles. The van der Waals surface area contributed by atoms with Crippen molar-refractivity contribution in [3.05, 3.63) is 36.5 Å². The van der Waals surface area contributed by atoms with E-state index in [2.05, 4.69) is 10.3 Å². The second kappa shape index (κ2) is 6.27. The topological polar surface area (TPSA) is 79.4 Å². The third kappa shape index (κ3) is 2.77. The number of hydrogen-bond acceptors (Lipinski definition) is 4. The van der Waals surface area contributed by atoms with Crippen LogP contribution >= 0.6 is 0 Å². The Balaban J connectivity index is 1.50. The summed E-state index contributed by atoms with van der Waals surface area (Å²) in [6.45, 7) is -0.228. The molecule has 1 aromatic carbocycles. The van der Waals surface area contributed by atoms with Crippen molar-refractivity contribution < 1.29 is 14.4 Å². The lowest BCUT2D eigenvalue weighted by atomic mass is 9.81. The van der Waals surface area contributed by atoms with Crippen molar-refractivity contribution in [2.24, 2.45) is 11.8 Å². The minimum absolute atomic E-state index is 0.194. The number of nitrogens with zero attached hydrogens (tertiary/aromatic N) is 2. The van der Waals surface area contributed by atoms with Gasteiger partial charge in [-0.05, 0) is 25.0 Å². The summed E-state index contributed by atoms with van der Waals surface area (Å²) in [5.41, 5.74) is 1.27. The molecule has 2 aliphatic rings. The molecule has 1 aromatic heterocycles. The third-order valence-electron chi connectivity index (χ3n) is 5.14. The molecule has 1 aliphatic carbocycles. The predicted octanol–water partition coefficient (Wildman–Crippen LogP) is 2.35. The summed E-state index contributed by atoms with van der Waals surface area (Å²) in [5, 5.41) is 3.70. The molecule has 0 radical (unpaired) electrons. The highest BCUT2D eigenvalue weighted by molar-refractivity contribution is 6.09. The monoisotopic (exact) mass is 337 g/mol. The molecule has 6 nitrogen and oxygen atoms in total. The molecule has 2 fully saturated rings. The number of pyridine rings is 1. The van der Waals surface area contributed by atoms with Crippen molar-refractivity contribution >= 4 is 34.3 Å². The van der Waals surface area contributed by atoms with Crippen molar-refractivity contribution in [2.75, 3.05) is 11.9 Å². The number of anilines is 1. The molecule has 2 atom stereocenters. The van der Waals surface area contributed by atoms with E-state index in [0.717, 1.165) is 36.0 Å². The van der Waals surface area contributed by atoms with E-state index in [1.165, 1.54) is 0 Å². The molecule has 128 valence electrons. The normalized spacial score (nSPS) is 23.0. The standard InChI is InChI=1S/C19H19N3O3/c23-16(21-15-9-3-5-12-6-4-10-20-17(12)15)11-22-18(24)13-7-1-2-8-14(13)19(22)25/h3-6,9-10,13-14H,1-2,7-8,11H2,(H,21,23)/t13-,14-/m0/s1. The Morgan fingerprint density at radius 3 is 2.48 bits per heavy atom. The molecule has 3 amide bonds. The van der Waals surface area contributed by atoms with Gasteiger partial charge in [0.15, 0.2) is 0 Å². The Morgan fingerprint density at radius 1 is 1.08 bits per heavy atom. The van der Waals surface area contributed by atoms with Gasteiger partial charge in [-0.1, -0.05) is 31.0 Å². The molecule has 0 bridgehead atoms. The van der Waals surface area contributed by atoms with Gasteiger partial charge in [-0.15, -0.1) is 0 Å². The molecule has 6 heteroatoms. The fourth-order valence-electron chi connectivity index (χ4n) is 3.93. The van der Waals surface area contributed by atoms with E-state index in [0.29, 0.717) is 11.2 Å². The van der Waals surface area contributed by atoms with Crippen LogP contribution in [0.5, 0.6) is 0 Å². The Kier molecular flexibility index (Phi) is 3.95. The van der Waals surface area contributed by atoms with Crippen LogP contribution < -0.4 is 5.32 Å². The smallest absolute Gasteiger partial charge is 0.244 e. The van der Waals surface area contributed by atoms with E-state index in [1.807, 2.05) is 24.3 Å². The first-order valence-corrected chi connectivity index (χ1v) is 8.64. The number of imide groups is 1. The van der Waals surface area contributed by atoms with Crippen LogP contribution in [0.3, 0.4) is 0 Å². The van der Waals surface area contributed by atoms with Gasteiger partial charge in [0.2, 0.25) is 17.7 Å². The summed E-state index contributed by atoms with van der Waals surface area (Å²) in [6.07, 6.45) is 5.11. The molecule has 4 rings (SSSR count). The van der Waals surface area contributed by atoms with Crippen LogP contribution in [0, 0.1) is 11.8 Å². The van der Waals surface area contributed by atoms with Crippen LogP contribution in [0.25, 0.3) is 10.9 Å². The number of amides is 3. The SMILES string of the molecule is O=C(CN1C(=O)[C@H]2CCCC[C@@H]2C1=O)Nc1cccc2cccnc12. The van der Waals surface area contributed by atoms with Crippen molar-refractivity contribution in [3.8, 4) is 0 Å². The molecule has 1 N–H and O–H groups in total. The maximum atomic E-state index is 12.5. The van der Waals surface area contributed by atoms with Gasteiger partial charge in [-0.25, -0.2) is 0 Å². The van der Waals surface area contributed by atoms with Gasteiger partial charge in [-0.3, -0.25) is 24.3 Å². The van der Waals surface area contributed by atoms with Crippen LogP contribution in [0.2, 0.25) is 0 Å². The zero-order valence-corrected chi connectivity index (χ0v) is 13.8. The van der Waals surface area contributed by atoms with Gasteiger partial charge in [0.1, 0.15) is 6.54 Å². The lowest BCUT2D eigenvalue weighted by Gasteiger charge is -2.19. The largest absolute Gasteiger partial charge is 0.323 e. The van der Waals surface area contributed by atoms with E-state index in [1.54, 1.807) is 12.3 Å². The summed E-state index contributed by atoms with van der Waals surface area (Å²) < 4.78 is 0. The Bertz CT molecular complexity index is 835. The van der Waals surface area contributed by atoms with Gasteiger partial charge in [0.05, 0.1) is 23.0 Å². The summed E-state index contributed by atoms with van der Waals surface area (Å²) in [4.78, 5) is 42.8. The van der Waals surface area contributed by atoms with E-state index in [9.17, 15) is 14.4 Å². The van der Waals surface area contributed by atoms with Crippen molar-refractivity contribution in [1.82, 2.24) is 9.88 Å².